The number of nitriles is 1. The van der Waals surface area contributed by atoms with Crippen molar-refractivity contribution in [3.05, 3.63) is 72.1 Å². The smallest absolute Gasteiger partial charge is 0.198 e. The maximum atomic E-state index is 15.1. The van der Waals surface area contributed by atoms with Crippen molar-refractivity contribution >= 4 is 16.9 Å². The summed E-state index contributed by atoms with van der Waals surface area (Å²) in [5.41, 5.74) is 1.88. The van der Waals surface area contributed by atoms with Crippen LogP contribution in [-0.4, -0.2) is 47.3 Å². The van der Waals surface area contributed by atoms with Gasteiger partial charge in [0.2, 0.25) is 0 Å². The number of benzene rings is 2. The van der Waals surface area contributed by atoms with E-state index in [1.807, 2.05) is 13.0 Å². The quantitative estimate of drug-likeness (QED) is 0.333. The summed E-state index contributed by atoms with van der Waals surface area (Å²) < 4.78 is 46.8. The molecule has 2 N–H and O–H groups in total. The van der Waals surface area contributed by atoms with Gasteiger partial charge >= 0.3 is 0 Å². The minimum absolute atomic E-state index is 0.0610. The van der Waals surface area contributed by atoms with E-state index in [2.05, 4.69) is 15.0 Å². The summed E-state index contributed by atoms with van der Waals surface area (Å²) in [5, 5.41) is 18.7. The first-order valence-electron chi connectivity index (χ1n) is 11.9. The van der Waals surface area contributed by atoms with Crippen LogP contribution in [0.3, 0.4) is 0 Å². The molecule has 0 spiro atoms. The molecule has 0 fully saturated rings. The molecule has 0 saturated carbocycles. The zero-order valence-electron chi connectivity index (χ0n) is 20.5. The Balaban J connectivity index is 1.41. The number of aliphatic hydroxyl groups is 1. The molecule has 0 saturated heterocycles. The molecule has 0 radical (unpaired) electrons. The Bertz CT molecular complexity index is 1520. The Morgan fingerprint density at radius 3 is 2.61 bits per heavy atom. The van der Waals surface area contributed by atoms with Crippen LogP contribution >= 0.6 is 0 Å². The van der Waals surface area contributed by atoms with Gasteiger partial charge in [-0.25, -0.2) is 13.8 Å². The summed E-state index contributed by atoms with van der Waals surface area (Å²) in [6.45, 7) is 2.38. The topological polar surface area (TPSA) is 113 Å². The molecule has 4 aromatic rings. The maximum Gasteiger partial charge on any atom is 0.198 e. The van der Waals surface area contributed by atoms with E-state index in [0.717, 1.165) is 11.1 Å². The van der Waals surface area contributed by atoms with Gasteiger partial charge in [-0.1, -0.05) is 19.1 Å². The number of halogens is 2. The molecule has 0 amide bonds. The number of aliphatic imine (C=N–C) groups is 1. The summed E-state index contributed by atoms with van der Waals surface area (Å²) in [5.74, 6) is -1.13. The minimum Gasteiger partial charge on any atom is -0.480 e. The number of fused-ring (bicyclic) bond motifs is 1. The standard InChI is InChI=1S/C28H24F2N4O4/c1-28(15-35)14-34-24(37-16-28)12-17-10-21(29)26(22(30)11-17)38-23-6-8-32-27-25(23)20(13-33-27)18-2-4-19(5-3-18)36-9-7-31/h2-6,8,10-11,13,35H,9,12,14-16H2,1H3,(H,32,33). The normalized spacial score (nSPS) is 17.0. The van der Waals surface area contributed by atoms with Crippen molar-refractivity contribution in [3.8, 4) is 34.4 Å². The molecule has 8 nitrogen and oxygen atoms in total. The number of aromatic nitrogens is 2. The van der Waals surface area contributed by atoms with E-state index >= 15 is 8.78 Å². The van der Waals surface area contributed by atoms with Crippen molar-refractivity contribution in [2.45, 2.75) is 13.3 Å². The van der Waals surface area contributed by atoms with Gasteiger partial charge in [-0.2, -0.15) is 5.26 Å². The average molecular weight is 519 g/mol. The number of aromatic amines is 1. The van der Waals surface area contributed by atoms with Crippen molar-refractivity contribution in [3.63, 3.8) is 0 Å². The molecule has 10 heteroatoms. The molecule has 3 heterocycles. The highest BCUT2D eigenvalue weighted by Gasteiger charge is 2.29. The van der Waals surface area contributed by atoms with E-state index in [0.29, 0.717) is 34.8 Å². The molecule has 1 aliphatic heterocycles. The highest BCUT2D eigenvalue weighted by atomic mass is 19.1. The number of hydrogen-bond donors (Lipinski definition) is 2. The molecule has 5 rings (SSSR count). The van der Waals surface area contributed by atoms with E-state index in [4.69, 9.17) is 19.5 Å². The summed E-state index contributed by atoms with van der Waals surface area (Å²) in [7, 11) is 0. The summed E-state index contributed by atoms with van der Waals surface area (Å²) in [6.07, 6.45) is 3.34. The Kier molecular flexibility index (Phi) is 6.94. The van der Waals surface area contributed by atoms with Gasteiger partial charge in [-0.05, 0) is 41.5 Å². The number of ether oxygens (including phenoxy) is 3. The zero-order valence-corrected chi connectivity index (χ0v) is 20.5. The van der Waals surface area contributed by atoms with Crippen LogP contribution < -0.4 is 9.47 Å². The first-order chi connectivity index (χ1) is 18.4. The zero-order chi connectivity index (χ0) is 26.7. The third-order valence-corrected chi connectivity index (χ3v) is 6.24. The van der Waals surface area contributed by atoms with Gasteiger partial charge in [-0.15, -0.1) is 0 Å². The van der Waals surface area contributed by atoms with Gasteiger partial charge in [-0.3, -0.25) is 4.99 Å². The largest absolute Gasteiger partial charge is 0.480 e. The lowest BCUT2D eigenvalue weighted by atomic mass is 9.92. The number of nitrogens with zero attached hydrogens (tertiary/aromatic N) is 3. The first-order valence-corrected chi connectivity index (χ1v) is 11.9. The van der Waals surface area contributed by atoms with Gasteiger partial charge in [0.25, 0.3) is 0 Å². The molecule has 38 heavy (non-hydrogen) atoms. The Morgan fingerprint density at radius 1 is 1.18 bits per heavy atom. The third-order valence-electron chi connectivity index (χ3n) is 6.24. The lowest BCUT2D eigenvalue weighted by Crippen LogP contribution is -2.36. The van der Waals surface area contributed by atoms with Crippen LogP contribution in [0.5, 0.6) is 17.2 Å². The Hall–Kier alpha value is -4.49. The van der Waals surface area contributed by atoms with Crippen LogP contribution in [0.25, 0.3) is 22.2 Å². The van der Waals surface area contributed by atoms with E-state index < -0.39 is 22.8 Å². The predicted octanol–water partition coefficient (Wildman–Crippen LogP) is 5.17. The summed E-state index contributed by atoms with van der Waals surface area (Å²) >= 11 is 0. The second-order valence-electron chi connectivity index (χ2n) is 9.34. The van der Waals surface area contributed by atoms with Crippen molar-refractivity contribution < 1.29 is 28.1 Å². The van der Waals surface area contributed by atoms with Crippen molar-refractivity contribution in [2.75, 3.05) is 26.4 Å². The maximum absolute atomic E-state index is 15.1. The van der Waals surface area contributed by atoms with Gasteiger partial charge < -0.3 is 24.3 Å². The molecule has 2 aromatic carbocycles. The van der Waals surface area contributed by atoms with E-state index in [9.17, 15) is 5.11 Å². The second kappa shape index (κ2) is 10.5. The van der Waals surface area contributed by atoms with Crippen LogP contribution in [0, 0.1) is 28.4 Å². The average Bonchev–Trinajstić information content (AvgIpc) is 3.36. The fourth-order valence-corrected chi connectivity index (χ4v) is 4.11. The Morgan fingerprint density at radius 2 is 1.95 bits per heavy atom. The number of pyridine rings is 1. The Labute approximate surface area is 217 Å². The van der Waals surface area contributed by atoms with Gasteiger partial charge in [0.15, 0.2) is 29.9 Å². The van der Waals surface area contributed by atoms with Crippen molar-refractivity contribution in [1.82, 2.24) is 9.97 Å². The minimum atomic E-state index is -0.863. The second-order valence-corrected chi connectivity index (χ2v) is 9.34. The molecule has 0 bridgehead atoms. The highest BCUT2D eigenvalue weighted by Crippen LogP contribution is 2.38. The van der Waals surface area contributed by atoms with Gasteiger partial charge in [0.05, 0.1) is 25.1 Å². The van der Waals surface area contributed by atoms with Crippen molar-refractivity contribution in [1.29, 1.82) is 5.26 Å². The number of H-pyrrole nitrogens is 1. The number of rotatable bonds is 8. The number of nitrogens with one attached hydrogen (secondary N) is 1. The lowest BCUT2D eigenvalue weighted by Gasteiger charge is -2.30. The van der Waals surface area contributed by atoms with Gasteiger partial charge in [0, 0.05) is 29.8 Å². The molecular weight excluding hydrogens is 494 g/mol. The van der Waals surface area contributed by atoms with E-state index in [1.54, 1.807) is 36.5 Å². The number of hydrogen-bond acceptors (Lipinski definition) is 7. The monoisotopic (exact) mass is 518 g/mol. The van der Waals surface area contributed by atoms with Gasteiger partial charge in [0.1, 0.15) is 23.2 Å². The molecular formula is C28H24F2N4O4. The van der Waals surface area contributed by atoms with Crippen LogP contribution in [0.2, 0.25) is 0 Å². The fraction of sp³-hybridized carbons (Fsp3) is 0.250. The molecule has 194 valence electrons. The molecule has 1 aliphatic rings. The van der Waals surface area contributed by atoms with Crippen LogP contribution in [0.1, 0.15) is 12.5 Å². The van der Waals surface area contributed by atoms with Crippen molar-refractivity contribution in [2.24, 2.45) is 10.4 Å². The third kappa shape index (κ3) is 5.14. The fourth-order valence-electron chi connectivity index (χ4n) is 4.11. The van der Waals surface area contributed by atoms with Crippen LogP contribution in [-0.2, 0) is 11.2 Å². The lowest BCUT2D eigenvalue weighted by molar-refractivity contribution is 0.0691. The number of aliphatic hydroxyl groups excluding tert-OH is 1. The summed E-state index contributed by atoms with van der Waals surface area (Å²) in [6, 6.07) is 12.9. The SMILES string of the molecule is CC1(CO)CN=C(Cc2cc(F)c(Oc3ccnc4[nH]cc(-c5ccc(OCC#N)cc5)c34)c(F)c2)OC1. The predicted molar refractivity (Wildman–Crippen MR) is 136 cm³/mol. The molecule has 1 atom stereocenters. The summed E-state index contributed by atoms with van der Waals surface area (Å²) in [4.78, 5) is 11.7. The van der Waals surface area contributed by atoms with Crippen LogP contribution in [0.15, 0.2) is 59.9 Å². The van der Waals surface area contributed by atoms with Crippen LogP contribution in [0.4, 0.5) is 8.78 Å². The molecule has 1 unspecified atom stereocenters. The molecule has 0 aliphatic carbocycles. The van der Waals surface area contributed by atoms with E-state index in [-0.39, 0.29) is 32.0 Å². The first kappa shape index (κ1) is 25.2. The van der Waals surface area contributed by atoms with E-state index in [1.165, 1.54) is 18.3 Å². The molecule has 2 aromatic heterocycles. The highest BCUT2D eigenvalue weighted by molar-refractivity contribution is 5.98.